The van der Waals surface area contributed by atoms with E-state index in [2.05, 4.69) is 15.0 Å². The van der Waals surface area contributed by atoms with Gasteiger partial charge in [-0.3, -0.25) is 4.79 Å². The van der Waals surface area contributed by atoms with Crippen molar-refractivity contribution in [2.45, 2.75) is 10.4 Å². The number of benzene rings is 2. The highest BCUT2D eigenvalue weighted by Crippen LogP contribution is 2.37. The summed E-state index contributed by atoms with van der Waals surface area (Å²) in [5.74, 6) is 0.0427. The van der Waals surface area contributed by atoms with Gasteiger partial charge in [-0.1, -0.05) is 60.3 Å². The van der Waals surface area contributed by atoms with E-state index in [1.165, 1.54) is 11.8 Å². The summed E-state index contributed by atoms with van der Waals surface area (Å²) >= 11 is 1.37. The van der Waals surface area contributed by atoms with Crippen LogP contribution in [0.25, 0.3) is 10.9 Å². The van der Waals surface area contributed by atoms with Crippen molar-refractivity contribution in [3.05, 3.63) is 90.4 Å². The fraction of sp³-hybridized carbons (Fsp3) is 0.0500. The van der Waals surface area contributed by atoms with Gasteiger partial charge in [0.2, 0.25) is 0 Å². The summed E-state index contributed by atoms with van der Waals surface area (Å²) in [6.07, 6.45) is 5.16. The van der Waals surface area contributed by atoms with E-state index in [-0.39, 0.29) is 5.78 Å². The van der Waals surface area contributed by atoms with E-state index < -0.39 is 5.25 Å². The second-order valence-corrected chi connectivity index (χ2v) is 6.62. The number of aromatic nitrogens is 3. The number of nitrogens with one attached hydrogen (secondary N) is 1. The average molecular weight is 345 g/mol. The first-order chi connectivity index (χ1) is 12.3. The molecule has 0 aliphatic rings. The molecule has 0 aliphatic heterocycles. The molecule has 4 nitrogen and oxygen atoms in total. The molecule has 0 saturated carbocycles. The van der Waals surface area contributed by atoms with Gasteiger partial charge in [0.1, 0.15) is 5.25 Å². The van der Waals surface area contributed by atoms with E-state index in [9.17, 15) is 4.79 Å². The molecule has 0 bridgehead atoms. The third-order valence-electron chi connectivity index (χ3n) is 3.96. The predicted octanol–water partition coefficient (Wildman–Crippen LogP) is 4.67. The minimum atomic E-state index is -0.400. The molecule has 0 radical (unpaired) electrons. The molecule has 1 atom stereocenters. The van der Waals surface area contributed by atoms with Gasteiger partial charge in [0.15, 0.2) is 10.9 Å². The highest BCUT2D eigenvalue weighted by atomic mass is 32.2. The summed E-state index contributed by atoms with van der Waals surface area (Å²) in [7, 11) is 0. The summed E-state index contributed by atoms with van der Waals surface area (Å²) < 4.78 is 0. The Hall–Kier alpha value is -2.92. The number of fused-ring (bicyclic) bond motifs is 1. The minimum Gasteiger partial charge on any atom is -0.360 e. The van der Waals surface area contributed by atoms with Crippen LogP contribution in [0.15, 0.2) is 84.4 Å². The van der Waals surface area contributed by atoms with Crippen LogP contribution in [0.3, 0.4) is 0 Å². The number of nitrogens with zero attached hydrogens (tertiary/aromatic N) is 2. The Kier molecular flexibility index (Phi) is 4.31. The van der Waals surface area contributed by atoms with Gasteiger partial charge in [0.25, 0.3) is 0 Å². The number of ketones is 1. The number of para-hydroxylation sites is 1. The molecule has 25 heavy (non-hydrogen) atoms. The highest BCUT2D eigenvalue weighted by molar-refractivity contribution is 8.00. The van der Waals surface area contributed by atoms with Gasteiger partial charge in [-0.05, 0) is 17.7 Å². The maximum absolute atomic E-state index is 13.3. The van der Waals surface area contributed by atoms with Crippen molar-refractivity contribution in [1.82, 2.24) is 15.0 Å². The molecule has 2 aromatic heterocycles. The molecule has 0 fully saturated rings. The molecule has 4 aromatic rings. The van der Waals surface area contributed by atoms with Crippen molar-refractivity contribution in [2.24, 2.45) is 0 Å². The maximum Gasteiger partial charge on any atom is 0.188 e. The second kappa shape index (κ2) is 6.91. The van der Waals surface area contributed by atoms with Crippen molar-refractivity contribution >= 4 is 28.4 Å². The smallest absolute Gasteiger partial charge is 0.188 e. The van der Waals surface area contributed by atoms with Crippen LogP contribution in [-0.2, 0) is 0 Å². The zero-order valence-electron chi connectivity index (χ0n) is 13.3. The number of carbonyl (C=O) groups is 1. The molecule has 0 aliphatic carbocycles. The Morgan fingerprint density at radius 2 is 1.64 bits per heavy atom. The van der Waals surface area contributed by atoms with Crippen LogP contribution in [0.5, 0.6) is 0 Å². The van der Waals surface area contributed by atoms with Crippen molar-refractivity contribution in [1.29, 1.82) is 0 Å². The van der Waals surface area contributed by atoms with Gasteiger partial charge in [-0.25, -0.2) is 9.97 Å². The van der Waals surface area contributed by atoms with E-state index >= 15 is 0 Å². The summed E-state index contributed by atoms with van der Waals surface area (Å²) in [6, 6.07) is 19.4. The van der Waals surface area contributed by atoms with E-state index in [0.717, 1.165) is 16.5 Å². The van der Waals surface area contributed by atoms with Gasteiger partial charge < -0.3 is 4.98 Å². The minimum absolute atomic E-state index is 0.0427. The molecule has 122 valence electrons. The monoisotopic (exact) mass is 345 g/mol. The average Bonchev–Trinajstić information content (AvgIpc) is 3.11. The third-order valence-corrected chi connectivity index (χ3v) is 5.10. The van der Waals surface area contributed by atoms with Crippen molar-refractivity contribution < 1.29 is 4.79 Å². The topological polar surface area (TPSA) is 58.6 Å². The molecule has 0 spiro atoms. The standard InChI is InChI=1S/C20H15N3OS/c24-18(16-13-23-17-10-5-4-9-15(16)17)19(14-7-2-1-3-8-14)25-20-21-11-6-12-22-20/h1-13,19,23H. The van der Waals surface area contributed by atoms with E-state index in [1.807, 2.05) is 54.6 Å². The Bertz CT molecular complexity index is 999. The Labute approximate surface area is 149 Å². The van der Waals surface area contributed by atoms with Gasteiger partial charge in [0.05, 0.1) is 0 Å². The number of Topliss-reactive ketones (excluding diaryl/α,β-unsaturated/α-hetero) is 1. The fourth-order valence-electron chi connectivity index (χ4n) is 2.77. The van der Waals surface area contributed by atoms with E-state index in [1.54, 1.807) is 24.7 Å². The Morgan fingerprint density at radius 3 is 2.44 bits per heavy atom. The van der Waals surface area contributed by atoms with Gasteiger partial charge >= 0.3 is 0 Å². The molecule has 2 aromatic carbocycles. The summed E-state index contributed by atoms with van der Waals surface area (Å²) in [5, 5.41) is 1.12. The van der Waals surface area contributed by atoms with Gasteiger partial charge in [0, 0.05) is 35.1 Å². The number of thioether (sulfide) groups is 1. The molecule has 1 unspecified atom stereocenters. The van der Waals surface area contributed by atoms with Crippen LogP contribution < -0.4 is 0 Å². The first kappa shape index (κ1) is 15.6. The number of H-pyrrole nitrogens is 1. The van der Waals surface area contributed by atoms with Crippen LogP contribution in [0.2, 0.25) is 0 Å². The lowest BCUT2D eigenvalue weighted by Gasteiger charge is -2.14. The van der Waals surface area contributed by atoms with Crippen molar-refractivity contribution in [3.8, 4) is 0 Å². The molecular formula is C20H15N3OS. The first-order valence-electron chi connectivity index (χ1n) is 7.92. The maximum atomic E-state index is 13.3. The Morgan fingerprint density at radius 1 is 0.920 bits per heavy atom. The number of rotatable bonds is 5. The quantitative estimate of drug-likeness (QED) is 0.324. The molecule has 0 saturated heterocycles. The van der Waals surface area contributed by atoms with Crippen molar-refractivity contribution in [3.63, 3.8) is 0 Å². The molecule has 0 amide bonds. The third kappa shape index (κ3) is 3.19. The molecule has 2 heterocycles. The number of carbonyl (C=O) groups excluding carboxylic acids is 1. The van der Waals surface area contributed by atoms with Crippen LogP contribution in [0.4, 0.5) is 0 Å². The van der Waals surface area contributed by atoms with E-state index in [4.69, 9.17) is 0 Å². The lowest BCUT2D eigenvalue weighted by Crippen LogP contribution is -2.10. The van der Waals surface area contributed by atoms with Crippen LogP contribution in [0, 0.1) is 0 Å². The van der Waals surface area contributed by atoms with Crippen LogP contribution >= 0.6 is 11.8 Å². The summed E-state index contributed by atoms with van der Waals surface area (Å²) in [4.78, 5) is 25.0. The molecule has 1 N–H and O–H groups in total. The lowest BCUT2D eigenvalue weighted by atomic mass is 10.0. The molecular weight excluding hydrogens is 330 g/mol. The van der Waals surface area contributed by atoms with Crippen LogP contribution in [0.1, 0.15) is 21.2 Å². The molecule has 4 rings (SSSR count). The molecule has 5 heteroatoms. The fourth-order valence-corrected chi connectivity index (χ4v) is 3.75. The zero-order valence-corrected chi connectivity index (χ0v) is 14.1. The first-order valence-corrected chi connectivity index (χ1v) is 8.80. The van der Waals surface area contributed by atoms with E-state index in [0.29, 0.717) is 10.7 Å². The predicted molar refractivity (Wildman–Crippen MR) is 99.7 cm³/mol. The van der Waals surface area contributed by atoms with Gasteiger partial charge in [-0.15, -0.1) is 0 Å². The normalized spacial score (nSPS) is 12.2. The largest absolute Gasteiger partial charge is 0.360 e. The van der Waals surface area contributed by atoms with Crippen LogP contribution in [-0.4, -0.2) is 20.7 Å². The number of hydrogen-bond acceptors (Lipinski definition) is 4. The number of aromatic amines is 1. The second-order valence-electron chi connectivity index (χ2n) is 5.55. The zero-order chi connectivity index (χ0) is 17.1. The number of hydrogen-bond donors (Lipinski definition) is 1. The van der Waals surface area contributed by atoms with Crippen molar-refractivity contribution in [2.75, 3.05) is 0 Å². The Balaban J connectivity index is 1.76. The highest BCUT2D eigenvalue weighted by Gasteiger charge is 2.26. The summed E-state index contributed by atoms with van der Waals surface area (Å²) in [6.45, 7) is 0. The summed E-state index contributed by atoms with van der Waals surface area (Å²) in [5.41, 5.74) is 2.58. The SMILES string of the molecule is O=C(c1c[nH]c2ccccc12)C(Sc1ncccn1)c1ccccc1. The van der Waals surface area contributed by atoms with Gasteiger partial charge in [-0.2, -0.15) is 0 Å². The lowest BCUT2D eigenvalue weighted by molar-refractivity contribution is 0.0991.